The molecule has 0 bridgehead atoms. The van der Waals surface area contributed by atoms with Crippen molar-refractivity contribution in [3.05, 3.63) is 41.6 Å². The Morgan fingerprint density at radius 1 is 1.00 bits per heavy atom. The van der Waals surface area contributed by atoms with Crippen LogP contribution in [0.25, 0.3) is 0 Å². The van der Waals surface area contributed by atoms with E-state index in [1.807, 2.05) is 0 Å². The highest BCUT2D eigenvalue weighted by molar-refractivity contribution is 5.54. The Hall–Kier alpha value is -2.64. The number of alkyl halides is 3. The maximum Gasteiger partial charge on any atom is 0.433 e. The van der Waals surface area contributed by atoms with E-state index in [1.165, 1.54) is 33.5 Å². The Morgan fingerprint density at radius 3 is 2.12 bits per heavy atom. The summed E-state index contributed by atoms with van der Waals surface area (Å²) >= 11 is 0. The topological polar surface area (TPSA) is 52.6 Å². The number of hydrogen-bond acceptors (Lipinski definition) is 5. The molecule has 0 radical (unpaired) electrons. The highest BCUT2D eigenvalue weighted by Crippen LogP contribution is 2.38. The number of rotatable bonds is 6. The van der Waals surface area contributed by atoms with Gasteiger partial charge in [0, 0.05) is 6.54 Å². The number of methoxy groups -OCH3 is 3. The number of benzene rings is 1. The van der Waals surface area contributed by atoms with Crippen molar-refractivity contribution in [3.8, 4) is 17.2 Å². The molecule has 0 spiro atoms. The molecule has 0 aliphatic rings. The summed E-state index contributed by atoms with van der Waals surface area (Å²) in [7, 11) is 4.47. The minimum absolute atomic E-state index is 0.124. The summed E-state index contributed by atoms with van der Waals surface area (Å²) in [6.45, 7) is 0.241. The lowest BCUT2D eigenvalue weighted by Gasteiger charge is -2.15. The molecule has 1 N–H and O–H groups in total. The highest BCUT2D eigenvalue weighted by Gasteiger charge is 2.32. The summed E-state index contributed by atoms with van der Waals surface area (Å²) in [5, 5.41) is 2.85. The van der Waals surface area contributed by atoms with Gasteiger partial charge in [0.05, 0.1) is 21.3 Å². The van der Waals surface area contributed by atoms with Crippen molar-refractivity contribution in [3.63, 3.8) is 0 Å². The fourth-order valence-electron chi connectivity index (χ4n) is 2.12. The van der Waals surface area contributed by atoms with Crippen molar-refractivity contribution >= 4 is 5.82 Å². The summed E-state index contributed by atoms with van der Waals surface area (Å²) in [6.07, 6.45) is -4.48. The first-order valence-electron chi connectivity index (χ1n) is 6.96. The minimum Gasteiger partial charge on any atom is -0.493 e. The highest BCUT2D eigenvalue weighted by atomic mass is 19.4. The van der Waals surface area contributed by atoms with Gasteiger partial charge in [0.15, 0.2) is 11.5 Å². The van der Waals surface area contributed by atoms with Crippen molar-refractivity contribution in [2.24, 2.45) is 0 Å². The molecular formula is C16H17F3N2O3. The van der Waals surface area contributed by atoms with E-state index in [0.29, 0.717) is 17.2 Å². The van der Waals surface area contributed by atoms with Gasteiger partial charge in [-0.2, -0.15) is 13.2 Å². The molecule has 2 aromatic rings. The van der Waals surface area contributed by atoms with E-state index in [1.54, 1.807) is 12.1 Å². The van der Waals surface area contributed by atoms with Crippen molar-refractivity contribution in [2.75, 3.05) is 26.6 Å². The molecule has 0 fully saturated rings. The Balaban J connectivity index is 2.20. The molecule has 0 saturated heterocycles. The van der Waals surface area contributed by atoms with Crippen LogP contribution in [0.1, 0.15) is 11.3 Å². The summed E-state index contributed by atoms with van der Waals surface area (Å²) < 4.78 is 53.7. The fraction of sp³-hybridized carbons (Fsp3) is 0.312. The zero-order valence-corrected chi connectivity index (χ0v) is 13.4. The molecule has 0 aliphatic carbocycles. The van der Waals surface area contributed by atoms with Gasteiger partial charge in [-0.05, 0) is 29.8 Å². The molecule has 2 rings (SSSR count). The molecule has 24 heavy (non-hydrogen) atoms. The van der Waals surface area contributed by atoms with Gasteiger partial charge in [-0.25, -0.2) is 4.98 Å². The fourth-order valence-corrected chi connectivity index (χ4v) is 2.12. The molecule has 8 heteroatoms. The quantitative estimate of drug-likeness (QED) is 0.867. The molecule has 1 aromatic heterocycles. The Morgan fingerprint density at radius 2 is 1.62 bits per heavy atom. The van der Waals surface area contributed by atoms with Crippen LogP contribution in [0.5, 0.6) is 17.2 Å². The average molecular weight is 342 g/mol. The van der Waals surface area contributed by atoms with Crippen LogP contribution in [-0.2, 0) is 12.7 Å². The molecule has 130 valence electrons. The molecule has 1 aromatic carbocycles. The van der Waals surface area contributed by atoms with Gasteiger partial charge >= 0.3 is 6.18 Å². The van der Waals surface area contributed by atoms with Crippen LogP contribution < -0.4 is 19.5 Å². The first kappa shape index (κ1) is 17.7. The van der Waals surface area contributed by atoms with Gasteiger partial charge in [0.1, 0.15) is 11.5 Å². The second kappa shape index (κ2) is 7.29. The zero-order valence-electron chi connectivity index (χ0n) is 13.4. The van der Waals surface area contributed by atoms with E-state index in [2.05, 4.69) is 10.3 Å². The summed E-state index contributed by atoms with van der Waals surface area (Å²) in [5.41, 5.74) is -0.207. The number of ether oxygens (including phenoxy) is 3. The minimum atomic E-state index is -4.48. The predicted molar refractivity (Wildman–Crippen MR) is 82.7 cm³/mol. The smallest absolute Gasteiger partial charge is 0.433 e. The van der Waals surface area contributed by atoms with E-state index < -0.39 is 11.9 Å². The zero-order chi connectivity index (χ0) is 17.7. The third-order valence-electron chi connectivity index (χ3n) is 3.24. The Labute approximate surface area is 137 Å². The predicted octanol–water partition coefficient (Wildman–Crippen LogP) is 3.74. The molecule has 0 aliphatic heterocycles. The van der Waals surface area contributed by atoms with Crippen LogP contribution in [0.4, 0.5) is 19.0 Å². The van der Waals surface area contributed by atoms with E-state index in [9.17, 15) is 13.2 Å². The second-order valence-corrected chi connectivity index (χ2v) is 4.79. The number of nitrogens with one attached hydrogen (secondary N) is 1. The molecule has 0 amide bonds. The maximum atomic E-state index is 12.7. The third-order valence-corrected chi connectivity index (χ3v) is 3.24. The van der Waals surface area contributed by atoms with Gasteiger partial charge in [0.2, 0.25) is 5.75 Å². The van der Waals surface area contributed by atoms with Gasteiger partial charge in [0.25, 0.3) is 0 Å². The van der Waals surface area contributed by atoms with E-state index in [0.717, 1.165) is 11.6 Å². The number of aromatic nitrogens is 1. The number of anilines is 1. The lowest BCUT2D eigenvalue weighted by Crippen LogP contribution is -2.10. The van der Waals surface area contributed by atoms with Crippen molar-refractivity contribution < 1.29 is 27.4 Å². The monoisotopic (exact) mass is 342 g/mol. The lowest BCUT2D eigenvalue weighted by molar-refractivity contribution is -0.141. The van der Waals surface area contributed by atoms with Gasteiger partial charge < -0.3 is 19.5 Å². The number of pyridine rings is 1. The first-order valence-corrected chi connectivity index (χ1v) is 6.96. The van der Waals surface area contributed by atoms with Crippen LogP contribution in [0.3, 0.4) is 0 Å². The number of nitrogens with zero attached hydrogens (tertiary/aromatic N) is 1. The van der Waals surface area contributed by atoms with Crippen LogP contribution in [0.15, 0.2) is 30.3 Å². The van der Waals surface area contributed by atoms with Crippen LogP contribution in [-0.4, -0.2) is 26.3 Å². The normalized spacial score (nSPS) is 11.1. The third kappa shape index (κ3) is 4.01. The number of hydrogen-bond donors (Lipinski definition) is 1. The summed E-state index contributed by atoms with van der Waals surface area (Å²) in [5.74, 6) is 1.50. The first-order chi connectivity index (χ1) is 11.4. The van der Waals surface area contributed by atoms with Gasteiger partial charge in [-0.15, -0.1) is 0 Å². The summed E-state index contributed by atoms with van der Waals surface area (Å²) in [6, 6.07) is 7.11. The Kier molecular flexibility index (Phi) is 5.38. The van der Waals surface area contributed by atoms with Crippen LogP contribution in [0.2, 0.25) is 0 Å². The van der Waals surface area contributed by atoms with Crippen LogP contribution in [0, 0.1) is 0 Å². The number of halogens is 3. The molecule has 1 heterocycles. The lowest BCUT2D eigenvalue weighted by atomic mass is 10.1. The van der Waals surface area contributed by atoms with Crippen molar-refractivity contribution in [1.82, 2.24) is 4.98 Å². The maximum absolute atomic E-state index is 12.7. The van der Waals surface area contributed by atoms with E-state index in [-0.39, 0.29) is 12.4 Å². The molecule has 0 atom stereocenters. The molecule has 5 nitrogen and oxygen atoms in total. The average Bonchev–Trinajstić information content (AvgIpc) is 2.58. The largest absolute Gasteiger partial charge is 0.493 e. The standard InChI is InChI=1S/C16H17F3N2O3/c1-22-11-7-10(8-12(23-2)15(11)24-3)9-20-14-6-4-5-13(21-14)16(17,18)19/h4-8H,9H2,1-3H3,(H,20,21). The van der Waals surface area contributed by atoms with Gasteiger partial charge in [-0.3, -0.25) is 0 Å². The molecule has 0 saturated carbocycles. The Bertz CT molecular complexity index is 680. The second-order valence-electron chi connectivity index (χ2n) is 4.79. The molecule has 0 unspecified atom stereocenters. The van der Waals surface area contributed by atoms with E-state index >= 15 is 0 Å². The SMILES string of the molecule is COc1cc(CNc2cccc(C(F)(F)F)n2)cc(OC)c1OC. The molecular weight excluding hydrogens is 325 g/mol. The van der Waals surface area contributed by atoms with E-state index in [4.69, 9.17) is 14.2 Å². The van der Waals surface area contributed by atoms with Crippen molar-refractivity contribution in [2.45, 2.75) is 12.7 Å². The van der Waals surface area contributed by atoms with Gasteiger partial charge in [-0.1, -0.05) is 6.07 Å². The van der Waals surface area contributed by atoms with Crippen LogP contribution >= 0.6 is 0 Å². The summed E-state index contributed by atoms with van der Waals surface area (Å²) in [4.78, 5) is 3.55. The van der Waals surface area contributed by atoms with Crippen molar-refractivity contribution in [1.29, 1.82) is 0 Å².